The molecule has 3 rings (SSSR count). The van der Waals surface area contributed by atoms with Crippen molar-refractivity contribution >= 4 is 59.0 Å². The van der Waals surface area contributed by atoms with Crippen LogP contribution in [0.4, 0.5) is 0 Å². The first kappa shape index (κ1) is 47.3. The Labute approximate surface area is 347 Å². The van der Waals surface area contributed by atoms with Gasteiger partial charge in [0.05, 0.1) is 12.4 Å². The molecule has 0 radical (unpaired) electrons. The second kappa shape index (κ2) is 24.6. The molecule has 0 aliphatic heterocycles. The molecule has 1 heterocycles. The van der Waals surface area contributed by atoms with E-state index < -0.39 is 71.8 Å². The first-order valence-electron chi connectivity index (χ1n) is 19.0. The summed E-state index contributed by atoms with van der Waals surface area (Å²) in [7, 11) is 0. The minimum absolute atomic E-state index is 0.0331. The average Bonchev–Trinajstić information content (AvgIpc) is 3.71. The lowest BCUT2D eigenvalue weighted by Gasteiger charge is -2.27. The Morgan fingerprint density at radius 2 is 1.17 bits per heavy atom. The zero-order chi connectivity index (χ0) is 42.6. The van der Waals surface area contributed by atoms with E-state index in [-0.39, 0.29) is 50.2 Å². The highest BCUT2D eigenvalue weighted by atomic mass is 32.2. The maximum Gasteiger partial charge on any atom is 0.326 e. The lowest BCUT2D eigenvalue weighted by molar-refractivity contribution is -0.142. The van der Waals surface area contributed by atoms with Crippen molar-refractivity contribution < 1.29 is 39.0 Å². The van der Waals surface area contributed by atoms with Gasteiger partial charge in [-0.1, -0.05) is 56.3 Å². The molecule has 0 aliphatic carbocycles. The molecule has 0 aliphatic rings. The lowest BCUT2D eigenvalue weighted by Crippen LogP contribution is -2.60. The van der Waals surface area contributed by atoms with Gasteiger partial charge in [0.15, 0.2) is 0 Å². The Morgan fingerprint density at radius 3 is 1.72 bits per heavy atom. The van der Waals surface area contributed by atoms with Crippen LogP contribution in [0.25, 0.3) is 0 Å². The molecule has 2 aromatic carbocycles. The normalized spacial score (nSPS) is 14.2. The van der Waals surface area contributed by atoms with Gasteiger partial charge in [0, 0.05) is 24.7 Å². The Bertz CT molecular complexity index is 1770. The molecule has 1 aromatic heterocycles. The van der Waals surface area contributed by atoms with Gasteiger partial charge < -0.3 is 47.5 Å². The van der Waals surface area contributed by atoms with Crippen LogP contribution in [0.2, 0.25) is 0 Å². The maximum absolute atomic E-state index is 14.2. The van der Waals surface area contributed by atoms with Crippen LogP contribution in [0.3, 0.4) is 0 Å². The van der Waals surface area contributed by atoms with Gasteiger partial charge in [-0.3, -0.25) is 24.0 Å². The highest BCUT2D eigenvalue weighted by molar-refractivity contribution is 7.98. The summed E-state index contributed by atoms with van der Waals surface area (Å²) >= 11 is 2.91. The summed E-state index contributed by atoms with van der Waals surface area (Å²) in [4.78, 5) is 87.8. The van der Waals surface area contributed by atoms with Gasteiger partial charge >= 0.3 is 5.97 Å². The zero-order valence-electron chi connectivity index (χ0n) is 33.2. The molecule has 0 saturated heterocycles. The number of aromatic amines is 1. The lowest BCUT2D eigenvalue weighted by atomic mass is 10.0. The van der Waals surface area contributed by atoms with Crippen molar-refractivity contribution in [2.75, 3.05) is 24.0 Å². The maximum atomic E-state index is 14.2. The molecule has 0 bridgehead atoms. The van der Waals surface area contributed by atoms with E-state index >= 15 is 0 Å². The van der Waals surface area contributed by atoms with Crippen LogP contribution in [0.5, 0.6) is 5.75 Å². The third-order valence-electron chi connectivity index (χ3n) is 9.07. The van der Waals surface area contributed by atoms with Gasteiger partial charge in [-0.2, -0.15) is 23.5 Å². The number of benzene rings is 2. The number of aromatic nitrogens is 2. The second-order valence-electron chi connectivity index (χ2n) is 14.3. The first-order chi connectivity index (χ1) is 27.7. The molecule has 16 nitrogen and oxygen atoms in total. The molecule has 316 valence electrons. The number of nitrogens with two attached hydrogens (primary N) is 1. The fourth-order valence-electron chi connectivity index (χ4n) is 5.93. The fourth-order valence-corrected chi connectivity index (χ4v) is 6.87. The molecular weight excluding hydrogens is 785 g/mol. The third kappa shape index (κ3) is 16.4. The number of hydrogen-bond acceptors (Lipinski definition) is 11. The second-order valence-corrected chi connectivity index (χ2v) is 16.3. The van der Waals surface area contributed by atoms with Gasteiger partial charge in [-0.05, 0) is 78.9 Å². The highest BCUT2D eigenvalue weighted by Crippen LogP contribution is 2.13. The largest absolute Gasteiger partial charge is 0.508 e. The topological polar surface area (TPSA) is 258 Å². The van der Waals surface area contributed by atoms with Crippen LogP contribution in [0.1, 0.15) is 49.9 Å². The highest BCUT2D eigenvalue weighted by Gasteiger charge is 2.33. The van der Waals surface area contributed by atoms with E-state index in [4.69, 9.17) is 5.73 Å². The van der Waals surface area contributed by atoms with E-state index in [0.29, 0.717) is 28.3 Å². The smallest absolute Gasteiger partial charge is 0.326 e. The summed E-state index contributed by atoms with van der Waals surface area (Å²) in [6, 6.07) is 8.41. The molecule has 0 spiro atoms. The minimum Gasteiger partial charge on any atom is -0.508 e. The van der Waals surface area contributed by atoms with E-state index in [2.05, 4.69) is 36.6 Å². The Hall–Kier alpha value is -5.07. The van der Waals surface area contributed by atoms with E-state index in [9.17, 15) is 39.0 Å². The molecule has 18 heteroatoms. The summed E-state index contributed by atoms with van der Waals surface area (Å²) in [6.45, 7) is 3.71. The molecule has 58 heavy (non-hydrogen) atoms. The molecular formula is C40H56N8O8S2. The number of carboxylic acid groups (broad SMARTS) is 1. The molecule has 5 amide bonds. The quantitative estimate of drug-likeness (QED) is 0.0589. The van der Waals surface area contributed by atoms with Crippen LogP contribution in [0, 0.1) is 5.92 Å². The van der Waals surface area contributed by atoms with E-state index in [0.717, 1.165) is 0 Å². The van der Waals surface area contributed by atoms with E-state index in [1.54, 1.807) is 36.4 Å². The molecule has 10 N–H and O–H groups in total. The first-order valence-corrected chi connectivity index (χ1v) is 21.8. The predicted molar refractivity (Wildman–Crippen MR) is 225 cm³/mol. The van der Waals surface area contributed by atoms with Crippen LogP contribution < -0.4 is 32.3 Å². The SMILES string of the molecule is CSCC[C@H](NC(=O)[C@H](CC(C)C)NC(=O)[C@H](Cc1cnc[nH]1)NC(=O)[C@H](Cc1ccccc1)NC(=O)[C@@H](CCSC)NC(=O)[C@@H](N)Cc1ccc(O)cc1)C(=O)O. The number of carboxylic acids is 1. The summed E-state index contributed by atoms with van der Waals surface area (Å²) in [5.74, 6) is -3.48. The van der Waals surface area contributed by atoms with Crippen LogP contribution in [-0.4, -0.2) is 116 Å². The number of imidazole rings is 1. The average molecular weight is 841 g/mol. The number of phenolic OH excluding ortho intramolecular Hbond substituents is 1. The number of H-pyrrole nitrogens is 1. The Morgan fingerprint density at radius 1 is 0.672 bits per heavy atom. The van der Waals surface area contributed by atoms with Gasteiger partial charge in [0.25, 0.3) is 0 Å². The molecule has 6 atom stereocenters. The van der Waals surface area contributed by atoms with Crippen molar-refractivity contribution in [3.05, 3.63) is 83.9 Å². The number of phenols is 1. The number of hydrogen-bond donors (Lipinski definition) is 9. The number of nitrogens with zero attached hydrogens (tertiary/aromatic N) is 1. The monoisotopic (exact) mass is 840 g/mol. The van der Waals surface area contributed by atoms with Gasteiger partial charge in [-0.15, -0.1) is 0 Å². The number of amides is 5. The summed E-state index contributed by atoms with van der Waals surface area (Å²) < 4.78 is 0. The summed E-state index contributed by atoms with van der Waals surface area (Å²) in [5.41, 5.74) is 8.14. The number of carbonyl (C=O) groups is 6. The number of aliphatic carboxylic acids is 1. The van der Waals surface area contributed by atoms with Gasteiger partial charge in [-0.25, -0.2) is 9.78 Å². The van der Waals surface area contributed by atoms with Gasteiger partial charge in [0.2, 0.25) is 29.5 Å². The summed E-state index contributed by atoms with van der Waals surface area (Å²) in [5, 5.41) is 32.9. The van der Waals surface area contributed by atoms with Crippen molar-refractivity contribution in [3.8, 4) is 5.75 Å². The van der Waals surface area contributed by atoms with Crippen LogP contribution in [-0.2, 0) is 48.0 Å². The van der Waals surface area contributed by atoms with Crippen molar-refractivity contribution in [2.24, 2.45) is 11.7 Å². The number of thioether (sulfide) groups is 2. The molecule has 3 aromatic rings. The van der Waals surface area contributed by atoms with Crippen molar-refractivity contribution in [1.82, 2.24) is 36.6 Å². The van der Waals surface area contributed by atoms with Gasteiger partial charge in [0.1, 0.15) is 36.0 Å². The predicted octanol–water partition coefficient (Wildman–Crippen LogP) is 1.53. The Balaban J connectivity index is 1.86. The van der Waals surface area contributed by atoms with Crippen LogP contribution >= 0.6 is 23.5 Å². The number of aromatic hydroxyl groups is 1. The minimum atomic E-state index is -1.26. The number of carbonyl (C=O) groups excluding carboxylic acids is 5. The van der Waals surface area contributed by atoms with Crippen molar-refractivity contribution in [1.29, 1.82) is 0 Å². The molecule has 0 fully saturated rings. The number of nitrogens with one attached hydrogen (secondary N) is 6. The van der Waals surface area contributed by atoms with E-state index in [1.165, 1.54) is 48.2 Å². The zero-order valence-corrected chi connectivity index (χ0v) is 34.9. The summed E-state index contributed by atoms with van der Waals surface area (Å²) in [6.07, 6.45) is 7.32. The standard InChI is InChI=1S/C40H56N8O8S2/c1-24(2)18-32(37(52)45-31(40(55)56)15-17-58-4)46-39(54)34(21-27-22-42-23-43-27)48-38(53)33(20-25-8-6-5-7-9-25)47-36(51)30(14-16-57-3)44-35(50)29(41)19-26-10-12-28(49)13-11-26/h5-13,22-24,29-34,49H,14-21,41H2,1-4H3,(H,42,43)(H,44,50)(H,45,52)(H,46,54)(H,47,51)(H,48,53)(H,55,56)/t29-,30+,31-,32-,33-,34-/m0/s1. The van der Waals surface area contributed by atoms with Crippen LogP contribution in [0.15, 0.2) is 67.1 Å². The molecule has 0 unspecified atom stereocenters. The Kier molecular flexibility index (Phi) is 20.1. The van der Waals surface area contributed by atoms with E-state index in [1.807, 2.05) is 32.4 Å². The molecule has 0 saturated carbocycles. The fraction of sp³-hybridized carbons (Fsp3) is 0.475. The van der Waals surface area contributed by atoms with Crippen molar-refractivity contribution in [2.45, 2.75) is 88.6 Å². The third-order valence-corrected chi connectivity index (χ3v) is 10.4. The van der Waals surface area contributed by atoms with Crippen molar-refractivity contribution in [3.63, 3.8) is 0 Å². The number of rotatable bonds is 25.